The Kier molecular flexibility index (Phi) is 2.55. The van der Waals surface area contributed by atoms with Crippen molar-refractivity contribution in [2.75, 3.05) is 5.73 Å². The number of non-ortho nitro benzene ring substituents is 1. The Hall–Kier alpha value is -2.37. The minimum absolute atomic E-state index is 0.0287. The number of nitrogen functional groups attached to an aromatic ring is 1. The topological polar surface area (TPSA) is 95.2 Å². The SMILES string of the molecule is Cc1cc(-c2noc(N)c2C)cc([N+](=O)[O-])c1. The average molecular weight is 233 g/mol. The molecule has 6 heteroatoms. The van der Waals surface area contributed by atoms with Gasteiger partial charge in [0.1, 0.15) is 5.69 Å². The highest BCUT2D eigenvalue weighted by atomic mass is 16.6. The van der Waals surface area contributed by atoms with Gasteiger partial charge in [-0.2, -0.15) is 0 Å². The second-order valence-corrected chi connectivity index (χ2v) is 3.83. The van der Waals surface area contributed by atoms with Gasteiger partial charge in [0.2, 0.25) is 5.88 Å². The van der Waals surface area contributed by atoms with Gasteiger partial charge in [0.05, 0.1) is 4.92 Å². The molecule has 1 aromatic carbocycles. The van der Waals surface area contributed by atoms with Crippen molar-refractivity contribution in [1.82, 2.24) is 5.16 Å². The summed E-state index contributed by atoms with van der Waals surface area (Å²) in [6.45, 7) is 3.55. The smallest absolute Gasteiger partial charge is 0.270 e. The molecule has 2 aromatic rings. The highest BCUT2D eigenvalue weighted by molar-refractivity contribution is 5.69. The molecular formula is C11H11N3O3. The molecule has 17 heavy (non-hydrogen) atoms. The van der Waals surface area contributed by atoms with Crippen LogP contribution in [0.2, 0.25) is 0 Å². The number of nitrogens with zero attached hydrogens (tertiary/aromatic N) is 2. The lowest BCUT2D eigenvalue weighted by Gasteiger charge is -2.00. The number of anilines is 1. The molecule has 2 rings (SSSR count). The maximum absolute atomic E-state index is 10.8. The first kappa shape index (κ1) is 11.1. The first-order chi connectivity index (χ1) is 7.99. The standard InChI is InChI=1S/C11H11N3O3/c1-6-3-8(5-9(4-6)14(15)16)10-7(2)11(12)17-13-10/h3-5H,12H2,1-2H3. The second kappa shape index (κ2) is 3.89. The highest BCUT2D eigenvalue weighted by Crippen LogP contribution is 2.29. The van der Waals surface area contributed by atoms with Gasteiger partial charge < -0.3 is 10.3 Å². The number of hydrogen-bond acceptors (Lipinski definition) is 5. The molecule has 0 unspecified atom stereocenters. The predicted octanol–water partition coefficient (Wildman–Crippen LogP) is 2.45. The summed E-state index contributed by atoms with van der Waals surface area (Å²) in [5.41, 5.74) is 8.22. The fraction of sp³-hybridized carbons (Fsp3) is 0.182. The number of rotatable bonds is 2. The monoisotopic (exact) mass is 233 g/mol. The predicted molar refractivity (Wildman–Crippen MR) is 62.5 cm³/mol. The molecule has 6 nitrogen and oxygen atoms in total. The zero-order chi connectivity index (χ0) is 12.6. The quantitative estimate of drug-likeness (QED) is 0.634. The summed E-state index contributed by atoms with van der Waals surface area (Å²) >= 11 is 0. The van der Waals surface area contributed by atoms with E-state index in [1.54, 1.807) is 19.9 Å². The summed E-state index contributed by atoms with van der Waals surface area (Å²) in [6.07, 6.45) is 0. The van der Waals surface area contributed by atoms with E-state index >= 15 is 0 Å². The summed E-state index contributed by atoms with van der Waals surface area (Å²) in [5.74, 6) is 0.226. The van der Waals surface area contributed by atoms with E-state index in [0.717, 1.165) is 5.56 Å². The maximum atomic E-state index is 10.8. The summed E-state index contributed by atoms with van der Waals surface area (Å²) < 4.78 is 4.85. The van der Waals surface area contributed by atoms with Gasteiger partial charge in [0, 0.05) is 23.3 Å². The molecule has 0 bridgehead atoms. The van der Waals surface area contributed by atoms with Crippen molar-refractivity contribution in [3.8, 4) is 11.3 Å². The minimum atomic E-state index is -0.435. The molecule has 0 saturated carbocycles. The lowest BCUT2D eigenvalue weighted by molar-refractivity contribution is -0.384. The number of hydrogen-bond donors (Lipinski definition) is 1. The third-order valence-corrected chi connectivity index (χ3v) is 2.51. The number of nitrogens with two attached hydrogens (primary N) is 1. The van der Waals surface area contributed by atoms with E-state index in [4.69, 9.17) is 10.3 Å². The number of nitro benzene ring substituents is 1. The molecule has 0 radical (unpaired) electrons. The molecule has 88 valence electrons. The fourth-order valence-corrected chi connectivity index (χ4v) is 1.62. The molecule has 0 aliphatic heterocycles. The van der Waals surface area contributed by atoms with Crippen LogP contribution >= 0.6 is 0 Å². The van der Waals surface area contributed by atoms with Crippen LogP contribution in [0, 0.1) is 24.0 Å². The van der Waals surface area contributed by atoms with Gasteiger partial charge in [0.15, 0.2) is 0 Å². The van der Waals surface area contributed by atoms with E-state index in [1.807, 2.05) is 0 Å². The Labute approximate surface area is 97.2 Å². The molecule has 0 fully saturated rings. The van der Waals surface area contributed by atoms with Crippen molar-refractivity contribution in [1.29, 1.82) is 0 Å². The zero-order valence-electron chi connectivity index (χ0n) is 9.43. The van der Waals surface area contributed by atoms with Crippen molar-refractivity contribution in [2.45, 2.75) is 13.8 Å². The third-order valence-electron chi connectivity index (χ3n) is 2.51. The van der Waals surface area contributed by atoms with Gasteiger partial charge in [0.25, 0.3) is 5.69 Å². The largest absolute Gasteiger partial charge is 0.367 e. The molecule has 0 aliphatic rings. The first-order valence-electron chi connectivity index (χ1n) is 4.97. The summed E-state index contributed by atoms with van der Waals surface area (Å²) in [5, 5.41) is 14.6. The zero-order valence-corrected chi connectivity index (χ0v) is 9.43. The fourth-order valence-electron chi connectivity index (χ4n) is 1.62. The summed E-state index contributed by atoms with van der Waals surface area (Å²) in [4.78, 5) is 10.3. The Bertz CT molecular complexity index is 590. The molecule has 1 aromatic heterocycles. The van der Waals surface area contributed by atoms with Crippen molar-refractivity contribution in [3.63, 3.8) is 0 Å². The second-order valence-electron chi connectivity index (χ2n) is 3.83. The lowest BCUT2D eigenvalue weighted by atomic mass is 10.0. The molecular weight excluding hydrogens is 222 g/mol. The first-order valence-corrected chi connectivity index (χ1v) is 4.97. The number of aryl methyl sites for hydroxylation is 1. The van der Waals surface area contributed by atoms with Crippen LogP contribution < -0.4 is 5.73 Å². The van der Waals surface area contributed by atoms with Gasteiger partial charge >= 0.3 is 0 Å². The molecule has 1 heterocycles. The van der Waals surface area contributed by atoms with Crippen LogP contribution in [-0.2, 0) is 0 Å². The van der Waals surface area contributed by atoms with E-state index in [1.165, 1.54) is 12.1 Å². The Morgan fingerprint density at radius 1 is 1.35 bits per heavy atom. The molecule has 2 N–H and O–H groups in total. The van der Waals surface area contributed by atoms with E-state index in [0.29, 0.717) is 16.8 Å². The maximum Gasteiger partial charge on any atom is 0.270 e. The van der Waals surface area contributed by atoms with Crippen LogP contribution in [0.4, 0.5) is 11.6 Å². The van der Waals surface area contributed by atoms with E-state index in [-0.39, 0.29) is 11.6 Å². The van der Waals surface area contributed by atoms with Crippen molar-refractivity contribution >= 4 is 11.6 Å². The van der Waals surface area contributed by atoms with E-state index in [9.17, 15) is 10.1 Å². The van der Waals surface area contributed by atoms with Crippen LogP contribution in [0.5, 0.6) is 0 Å². The molecule has 0 aliphatic carbocycles. The highest BCUT2D eigenvalue weighted by Gasteiger charge is 2.15. The van der Waals surface area contributed by atoms with Crippen LogP contribution in [0.25, 0.3) is 11.3 Å². The minimum Gasteiger partial charge on any atom is -0.367 e. The Morgan fingerprint density at radius 3 is 2.59 bits per heavy atom. The van der Waals surface area contributed by atoms with Crippen molar-refractivity contribution in [3.05, 3.63) is 39.4 Å². The summed E-state index contributed by atoms with van der Waals surface area (Å²) in [6, 6.07) is 4.76. The van der Waals surface area contributed by atoms with Crippen molar-refractivity contribution < 1.29 is 9.45 Å². The number of nitro groups is 1. The van der Waals surface area contributed by atoms with Crippen LogP contribution in [0.1, 0.15) is 11.1 Å². The Balaban J connectivity index is 2.60. The molecule has 0 amide bonds. The van der Waals surface area contributed by atoms with E-state index < -0.39 is 4.92 Å². The molecule has 0 saturated heterocycles. The van der Waals surface area contributed by atoms with Crippen molar-refractivity contribution in [2.24, 2.45) is 0 Å². The van der Waals surface area contributed by atoms with Crippen LogP contribution in [0.15, 0.2) is 22.7 Å². The van der Waals surface area contributed by atoms with Gasteiger partial charge in [-0.25, -0.2) is 0 Å². The van der Waals surface area contributed by atoms with E-state index in [2.05, 4.69) is 5.16 Å². The van der Waals surface area contributed by atoms with Crippen LogP contribution in [0.3, 0.4) is 0 Å². The van der Waals surface area contributed by atoms with Gasteiger partial charge in [-0.05, 0) is 25.5 Å². The molecule has 0 spiro atoms. The normalized spacial score (nSPS) is 10.5. The number of benzene rings is 1. The lowest BCUT2D eigenvalue weighted by Crippen LogP contribution is -1.91. The van der Waals surface area contributed by atoms with Gasteiger partial charge in [-0.15, -0.1) is 0 Å². The van der Waals surface area contributed by atoms with Gasteiger partial charge in [-0.3, -0.25) is 10.1 Å². The van der Waals surface area contributed by atoms with Gasteiger partial charge in [-0.1, -0.05) is 5.16 Å². The molecule has 0 atom stereocenters. The third kappa shape index (κ3) is 1.96. The van der Waals surface area contributed by atoms with Crippen LogP contribution in [-0.4, -0.2) is 10.1 Å². The number of aromatic nitrogens is 1. The average Bonchev–Trinajstić information content (AvgIpc) is 2.59. The Morgan fingerprint density at radius 2 is 2.06 bits per heavy atom. The summed E-state index contributed by atoms with van der Waals surface area (Å²) in [7, 11) is 0.